The molecular formula is C17H21N3O2S3. The van der Waals surface area contributed by atoms with Crippen molar-refractivity contribution >= 4 is 40.3 Å². The third kappa shape index (κ3) is 3.58. The molecule has 5 rings (SSSR count). The van der Waals surface area contributed by atoms with Crippen molar-refractivity contribution < 1.29 is 9.53 Å². The second-order valence-corrected chi connectivity index (χ2v) is 9.98. The monoisotopic (exact) mass is 395 g/mol. The summed E-state index contributed by atoms with van der Waals surface area (Å²) in [5.74, 6) is 1.32. The summed E-state index contributed by atoms with van der Waals surface area (Å²) >= 11 is 4.66. The van der Waals surface area contributed by atoms with Crippen LogP contribution in [-0.4, -0.2) is 48.1 Å². The van der Waals surface area contributed by atoms with Gasteiger partial charge in [0.2, 0.25) is 5.88 Å². The van der Waals surface area contributed by atoms with Crippen molar-refractivity contribution in [2.75, 3.05) is 20.2 Å². The summed E-state index contributed by atoms with van der Waals surface area (Å²) in [5.41, 5.74) is 0. The van der Waals surface area contributed by atoms with Gasteiger partial charge in [-0.05, 0) is 62.7 Å². The van der Waals surface area contributed by atoms with Crippen LogP contribution in [0.4, 0.5) is 0 Å². The van der Waals surface area contributed by atoms with Gasteiger partial charge < -0.3 is 10.1 Å². The quantitative estimate of drug-likeness (QED) is 0.839. The molecule has 5 nitrogen and oxygen atoms in total. The number of rotatable bonds is 5. The Morgan fingerprint density at radius 3 is 2.88 bits per heavy atom. The Kier molecular flexibility index (Phi) is 5.04. The minimum Gasteiger partial charge on any atom is -0.480 e. The van der Waals surface area contributed by atoms with Crippen molar-refractivity contribution in [3.8, 4) is 5.88 Å². The van der Waals surface area contributed by atoms with Crippen molar-refractivity contribution in [2.45, 2.75) is 40.4 Å². The van der Waals surface area contributed by atoms with E-state index < -0.39 is 0 Å². The van der Waals surface area contributed by atoms with Crippen LogP contribution in [0.25, 0.3) is 0 Å². The highest BCUT2D eigenvalue weighted by Gasteiger charge is 2.40. The molecule has 0 unspecified atom stereocenters. The number of carbonyl (C=O) groups excluding carboxylic acids is 1. The van der Waals surface area contributed by atoms with Crippen LogP contribution in [0.3, 0.4) is 0 Å². The molecule has 3 aliphatic heterocycles. The molecule has 2 bridgehead atoms. The molecule has 0 spiro atoms. The molecule has 3 aliphatic rings. The van der Waals surface area contributed by atoms with E-state index in [0.29, 0.717) is 17.8 Å². The van der Waals surface area contributed by atoms with Gasteiger partial charge in [0.15, 0.2) is 4.34 Å². The summed E-state index contributed by atoms with van der Waals surface area (Å²) in [6.45, 7) is 4.59. The standard InChI is InChI=1S/C17H21N3O2S3/c1-10-15(11-5-7-20(10)8-6-11)19-16(21)12-3-4-14(24-12)25-17-18-13(22-2)9-23-17/h3-4,9-11,15H,5-8H2,1-2H3,(H,19,21)/t10-,15-/m0/s1. The molecule has 134 valence electrons. The van der Waals surface area contributed by atoms with Crippen LogP contribution in [0, 0.1) is 5.92 Å². The third-order valence-corrected chi connectivity index (χ3v) is 8.27. The number of nitrogens with one attached hydrogen (secondary N) is 1. The molecule has 0 aromatic carbocycles. The molecule has 2 atom stereocenters. The maximum atomic E-state index is 12.7. The van der Waals surface area contributed by atoms with Gasteiger partial charge in [-0.25, -0.2) is 0 Å². The van der Waals surface area contributed by atoms with Gasteiger partial charge in [0.1, 0.15) is 0 Å². The molecule has 1 N–H and O–H groups in total. The summed E-state index contributed by atoms with van der Waals surface area (Å²) in [6.07, 6.45) is 2.40. The van der Waals surface area contributed by atoms with Crippen molar-refractivity contribution in [1.82, 2.24) is 15.2 Å². The van der Waals surface area contributed by atoms with Crippen LogP contribution in [0.5, 0.6) is 5.88 Å². The number of thiazole rings is 1. The lowest BCUT2D eigenvalue weighted by Crippen LogP contribution is -2.62. The number of aromatic nitrogens is 1. The Morgan fingerprint density at radius 2 is 2.20 bits per heavy atom. The highest BCUT2D eigenvalue weighted by Crippen LogP contribution is 2.37. The normalized spacial score (nSPS) is 28.1. The van der Waals surface area contributed by atoms with E-state index in [4.69, 9.17) is 4.74 Å². The number of nitrogens with zero attached hydrogens (tertiary/aromatic N) is 2. The maximum Gasteiger partial charge on any atom is 0.261 e. The molecule has 0 aliphatic carbocycles. The summed E-state index contributed by atoms with van der Waals surface area (Å²) in [4.78, 5) is 20.3. The van der Waals surface area contributed by atoms with Crippen LogP contribution in [0.1, 0.15) is 29.4 Å². The highest BCUT2D eigenvalue weighted by molar-refractivity contribution is 8.02. The molecule has 2 aromatic heterocycles. The molecule has 0 saturated carbocycles. The Morgan fingerprint density at radius 1 is 1.40 bits per heavy atom. The number of amides is 1. The lowest BCUT2D eigenvalue weighted by Gasteiger charge is -2.49. The number of methoxy groups -OCH3 is 1. The first-order chi connectivity index (χ1) is 12.1. The second kappa shape index (κ2) is 7.26. The SMILES string of the molecule is COc1csc(Sc2ccc(C(=O)N[C@@H]3C4CCN(CC4)[C@H]3C)s2)n1. The van der Waals surface area contributed by atoms with E-state index in [1.165, 1.54) is 37.3 Å². The topological polar surface area (TPSA) is 54.5 Å². The first-order valence-electron chi connectivity index (χ1n) is 8.46. The number of thiophene rings is 1. The Bertz CT molecular complexity index is 750. The van der Waals surface area contributed by atoms with Crippen molar-refractivity contribution in [2.24, 2.45) is 5.92 Å². The van der Waals surface area contributed by atoms with Crippen LogP contribution in [0.15, 0.2) is 26.1 Å². The number of piperidine rings is 3. The second-order valence-electron chi connectivity index (χ2n) is 6.49. The fourth-order valence-corrected chi connectivity index (χ4v) is 6.75. The molecule has 5 heterocycles. The predicted molar refractivity (Wildman–Crippen MR) is 102 cm³/mol. The zero-order valence-corrected chi connectivity index (χ0v) is 16.7. The van der Waals surface area contributed by atoms with Gasteiger partial charge in [0.25, 0.3) is 5.91 Å². The smallest absolute Gasteiger partial charge is 0.261 e. The minimum atomic E-state index is 0.0548. The number of ether oxygens (including phenoxy) is 1. The van der Waals surface area contributed by atoms with Gasteiger partial charge in [0.05, 0.1) is 21.6 Å². The van der Waals surface area contributed by atoms with Gasteiger partial charge in [-0.1, -0.05) is 0 Å². The van der Waals surface area contributed by atoms with E-state index in [2.05, 4.69) is 22.1 Å². The largest absolute Gasteiger partial charge is 0.480 e. The van der Waals surface area contributed by atoms with Crippen LogP contribution in [-0.2, 0) is 0 Å². The Balaban J connectivity index is 1.40. The lowest BCUT2D eigenvalue weighted by molar-refractivity contribution is 0.0218. The lowest BCUT2D eigenvalue weighted by atomic mass is 9.79. The fourth-order valence-electron chi connectivity index (χ4n) is 3.73. The molecule has 0 radical (unpaired) electrons. The maximum absolute atomic E-state index is 12.7. The van der Waals surface area contributed by atoms with E-state index >= 15 is 0 Å². The summed E-state index contributed by atoms with van der Waals surface area (Å²) < 4.78 is 7.12. The Hall–Kier alpha value is -1.09. The molecule has 1 amide bonds. The van der Waals surface area contributed by atoms with Crippen molar-refractivity contribution in [3.63, 3.8) is 0 Å². The van der Waals surface area contributed by atoms with Gasteiger partial charge >= 0.3 is 0 Å². The number of carbonyl (C=O) groups is 1. The van der Waals surface area contributed by atoms with Crippen LogP contribution < -0.4 is 10.1 Å². The first-order valence-corrected chi connectivity index (χ1v) is 11.0. The number of fused-ring (bicyclic) bond motifs is 3. The number of hydrogen-bond acceptors (Lipinski definition) is 7. The number of hydrogen-bond donors (Lipinski definition) is 1. The van der Waals surface area contributed by atoms with E-state index in [1.54, 1.807) is 30.2 Å². The predicted octanol–water partition coefficient (Wildman–Crippen LogP) is 3.58. The average molecular weight is 396 g/mol. The molecule has 25 heavy (non-hydrogen) atoms. The summed E-state index contributed by atoms with van der Waals surface area (Å²) in [5, 5.41) is 5.18. The molecule has 3 fully saturated rings. The zero-order valence-electron chi connectivity index (χ0n) is 14.2. The Labute approximate surface area is 159 Å². The summed E-state index contributed by atoms with van der Waals surface area (Å²) in [6, 6.07) is 4.63. The molecule has 2 aromatic rings. The van der Waals surface area contributed by atoms with E-state index in [9.17, 15) is 4.79 Å². The highest BCUT2D eigenvalue weighted by atomic mass is 32.2. The van der Waals surface area contributed by atoms with Crippen molar-refractivity contribution in [3.05, 3.63) is 22.4 Å². The molecular weight excluding hydrogens is 374 g/mol. The van der Waals surface area contributed by atoms with Crippen LogP contribution >= 0.6 is 34.4 Å². The molecule has 8 heteroatoms. The first kappa shape index (κ1) is 17.3. The van der Waals surface area contributed by atoms with Gasteiger partial charge in [-0.15, -0.1) is 22.7 Å². The van der Waals surface area contributed by atoms with E-state index in [-0.39, 0.29) is 11.9 Å². The summed E-state index contributed by atoms with van der Waals surface area (Å²) in [7, 11) is 1.62. The fraction of sp³-hybridized carbons (Fsp3) is 0.529. The van der Waals surface area contributed by atoms with Crippen LogP contribution in [0.2, 0.25) is 0 Å². The van der Waals surface area contributed by atoms with E-state index in [0.717, 1.165) is 13.4 Å². The van der Waals surface area contributed by atoms with Gasteiger partial charge in [-0.2, -0.15) is 4.98 Å². The molecule has 3 saturated heterocycles. The third-order valence-electron chi connectivity index (χ3n) is 5.14. The average Bonchev–Trinajstić information content (AvgIpc) is 3.28. The zero-order chi connectivity index (χ0) is 17.4. The minimum absolute atomic E-state index is 0.0548. The van der Waals surface area contributed by atoms with E-state index in [1.807, 2.05) is 17.5 Å². The van der Waals surface area contributed by atoms with Crippen molar-refractivity contribution in [1.29, 1.82) is 0 Å². The van der Waals surface area contributed by atoms with Gasteiger partial charge in [-0.3, -0.25) is 9.69 Å². The van der Waals surface area contributed by atoms with Gasteiger partial charge in [0, 0.05) is 12.1 Å².